The van der Waals surface area contributed by atoms with Crippen LogP contribution in [0.4, 0.5) is 0 Å². The zero-order valence-corrected chi connectivity index (χ0v) is 16.5. The minimum atomic E-state index is -0.117. The summed E-state index contributed by atoms with van der Waals surface area (Å²) in [6, 6.07) is 14.0. The van der Waals surface area contributed by atoms with Gasteiger partial charge in [-0.3, -0.25) is 4.79 Å². The third kappa shape index (κ3) is 5.37. The molecule has 2 N–H and O–H groups in total. The van der Waals surface area contributed by atoms with Crippen molar-refractivity contribution in [3.63, 3.8) is 0 Å². The highest BCUT2D eigenvalue weighted by atomic mass is 16.6. The highest BCUT2D eigenvalue weighted by molar-refractivity contribution is 5.91. The third-order valence-corrected chi connectivity index (χ3v) is 5.21. The van der Waals surface area contributed by atoms with Crippen molar-refractivity contribution in [3.8, 4) is 11.5 Å². The topological polar surface area (TPSA) is 61.2 Å². The maximum atomic E-state index is 12.3. The summed E-state index contributed by atoms with van der Waals surface area (Å²) in [6.07, 6.45) is 3.35. The van der Waals surface area contributed by atoms with Crippen molar-refractivity contribution in [1.29, 1.82) is 0 Å². The van der Waals surface area contributed by atoms with Crippen molar-refractivity contribution >= 4 is 12.0 Å². The van der Waals surface area contributed by atoms with Crippen LogP contribution >= 0.6 is 0 Å². The molecule has 0 atom stereocenters. The summed E-state index contributed by atoms with van der Waals surface area (Å²) in [5, 5.41) is 2.99. The van der Waals surface area contributed by atoms with Crippen LogP contribution in [-0.4, -0.2) is 45.4 Å². The second-order valence-electron chi connectivity index (χ2n) is 7.26. The first-order valence-corrected chi connectivity index (χ1v) is 10.1. The number of hydrogen-bond acceptors (Lipinski definition) is 4. The van der Waals surface area contributed by atoms with E-state index in [4.69, 9.17) is 14.2 Å². The minimum Gasteiger partial charge on any atom is -0.486 e. The molecule has 1 amide bonds. The van der Waals surface area contributed by atoms with Crippen molar-refractivity contribution in [2.45, 2.75) is 13.1 Å². The first-order valence-electron chi connectivity index (χ1n) is 10.1. The first-order chi connectivity index (χ1) is 14.3. The van der Waals surface area contributed by atoms with Gasteiger partial charge in [0.15, 0.2) is 11.5 Å². The first kappa shape index (κ1) is 19.5. The van der Waals surface area contributed by atoms with E-state index in [-0.39, 0.29) is 5.91 Å². The Morgan fingerprint density at radius 1 is 0.966 bits per heavy atom. The molecule has 0 radical (unpaired) electrons. The Balaban J connectivity index is 1.33. The maximum Gasteiger partial charge on any atom is 0.244 e. The zero-order chi connectivity index (χ0) is 19.9. The van der Waals surface area contributed by atoms with E-state index in [1.54, 1.807) is 12.2 Å². The molecule has 2 aliphatic rings. The van der Waals surface area contributed by atoms with E-state index in [2.05, 4.69) is 23.5 Å². The predicted octanol–water partition coefficient (Wildman–Crippen LogP) is 1.20. The Labute approximate surface area is 171 Å². The van der Waals surface area contributed by atoms with Gasteiger partial charge in [0.05, 0.1) is 13.2 Å². The van der Waals surface area contributed by atoms with Gasteiger partial charge < -0.3 is 24.4 Å². The number of nitrogens with one attached hydrogen (secondary N) is 2. The van der Waals surface area contributed by atoms with E-state index >= 15 is 0 Å². The molecule has 2 aromatic rings. The second kappa shape index (κ2) is 9.58. The number of rotatable bonds is 6. The van der Waals surface area contributed by atoms with Crippen LogP contribution in [0, 0.1) is 0 Å². The van der Waals surface area contributed by atoms with Gasteiger partial charge in [0, 0.05) is 18.2 Å². The predicted molar refractivity (Wildman–Crippen MR) is 110 cm³/mol. The molecule has 29 heavy (non-hydrogen) atoms. The summed E-state index contributed by atoms with van der Waals surface area (Å²) in [7, 11) is 0. The molecule has 1 fully saturated rings. The zero-order valence-electron chi connectivity index (χ0n) is 16.5. The number of carbonyl (C=O) groups excluding carboxylic acids is 1. The molecule has 0 bridgehead atoms. The van der Waals surface area contributed by atoms with E-state index in [9.17, 15) is 4.79 Å². The van der Waals surface area contributed by atoms with Crippen LogP contribution in [0.2, 0.25) is 0 Å². The van der Waals surface area contributed by atoms with Gasteiger partial charge in [0.1, 0.15) is 32.8 Å². The maximum absolute atomic E-state index is 12.3. The smallest absolute Gasteiger partial charge is 0.244 e. The van der Waals surface area contributed by atoms with Crippen LogP contribution in [0.1, 0.15) is 16.7 Å². The molecule has 0 aromatic heterocycles. The summed E-state index contributed by atoms with van der Waals surface area (Å²) in [6.45, 7) is 6.29. The summed E-state index contributed by atoms with van der Waals surface area (Å²) in [5.41, 5.74) is 3.34. The number of quaternary nitrogens is 1. The fourth-order valence-corrected chi connectivity index (χ4v) is 3.59. The van der Waals surface area contributed by atoms with Gasteiger partial charge in [-0.25, -0.2) is 0 Å². The highest BCUT2D eigenvalue weighted by Crippen LogP contribution is 2.31. The average molecular weight is 395 g/mol. The van der Waals surface area contributed by atoms with Crippen LogP contribution in [0.3, 0.4) is 0 Å². The van der Waals surface area contributed by atoms with Gasteiger partial charge in [0.2, 0.25) is 5.91 Å². The molecule has 6 heteroatoms. The lowest BCUT2D eigenvalue weighted by atomic mass is 10.1. The molecule has 4 rings (SSSR count). The van der Waals surface area contributed by atoms with Gasteiger partial charge in [0.25, 0.3) is 0 Å². The molecule has 152 valence electrons. The monoisotopic (exact) mass is 395 g/mol. The van der Waals surface area contributed by atoms with Crippen LogP contribution in [-0.2, 0) is 22.6 Å². The fourth-order valence-electron chi connectivity index (χ4n) is 3.59. The van der Waals surface area contributed by atoms with Gasteiger partial charge in [-0.2, -0.15) is 0 Å². The van der Waals surface area contributed by atoms with Crippen LogP contribution < -0.4 is 19.7 Å². The number of fused-ring (bicyclic) bond motifs is 1. The van der Waals surface area contributed by atoms with Crippen molar-refractivity contribution < 1.29 is 23.9 Å². The van der Waals surface area contributed by atoms with Gasteiger partial charge in [-0.05, 0) is 29.3 Å². The Hall–Kier alpha value is -2.83. The van der Waals surface area contributed by atoms with Gasteiger partial charge >= 0.3 is 0 Å². The van der Waals surface area contributed by atoms with Crippen molar-refractivity contribution in [1.82, 2.24) is 5.32 Å². The summed E-state index contributed by atoms with van der Waals surface area (Å²) < 4.78 is 16.5. The number of amides is 1. The molecular formula is C23H27N2O4+. The Morgan fingerprint density at radius 3 is 2.55 bits per heavy atom. The molecule has 0 aliphatic carbocycles. The molecule has 1 saturated heterocycles. The minimum absolute atomic E-state index is 0.117. The third-order valence-electron chi connectivity index (χ3n) is 5.21. The Kier molecular flexibility index (Phi) is 6.44. The largest absolute Gasteiger partial charge is 0.486 e. The quantitative estimate of drug-likeness (QED) is 0.722. The lowest BCUT2D eigenvalue weighted by Crippen LogP contribution is -3.12. The van der Waals surface area contributed by atoms with E-state index in [0.717, 1.165) is 55.5 Å². The van der Waals surface area contributed by atoms with Crippen molar-refractivity contribution in [2.75, 3.05) is 39.5 Å². The molecule has 2 heterocycles. The second-order valence-corrected chi connectivity index (χ2v) is 7.26. The summed E-state index contributed by atoms with van der Waals surface area (Å²) >= 11 is 0. The number of hydrogen-bond donors (Lipinski definition) is 2. The lowest BCUT2D eigenvalue weighted by molar-refractivity contribution is -0.921. The molecule has 6 nitrogen and oxygen atoms in total. The number of ether oxygens (including phenoxy) is 3. The van der Waals surface area contributed by atoms with Gasteiger partial charge in [-0.1, -0.05) is 30.3 Å². The molecule has 0 spiro atoms. The van der Waals surface area contributed by atoms with Crippen LogP contribution in [0.15, 0.2) is 48.5 Å². The molecule has 0 saturated carbocycles. The Bertz CT molecular complexity index is 875. The number of carbonyl (C=O) groups is 1. The lowest BCUT2D eigenvalue weighted by Gasteiger charge is -2.24. The van der Waals surface area contributed by atoms with Crippen molar-refractivity contribution in [2.24, 2.45) is 0 Å². The van der Waals surface area contributed by atoms with E-state index in [1.807, 2.05) is 24.3 Å². The van der Waals surface area contributed by atoms with E-state index in [1.165, 1.54) is 10.5 Å². The van der Waals surface area contributed by atoms with Crippen LogP contribution in [0.5, 0.6) is 11.5 Å². The standard InChI is InChI=1S/C23H26N2O4/c26-23(8-6-18-5-7-21-22(15-18)29-14-13-28-21)24-16-19-3-1-2-4-20(19)17-25-9-11-27-12-10-25/h1-8,15H,9-14,16-17H2,(H,24,26)/p+1/b8-6+. The normalized spacial score (nSPS) is 16.7. The highest BCUT2D eigenvalue weighted by Gasteiger charge is 2.16. The number of benzene rings is 2. The summed E-state index contributed by atoms with van der Waals surface area (Å²) in [4.78, 5) is 13.8. The molecule has 2 aromatic carbocycles. The average Bonchev–Trinajstić information content (AvgIpc) is 2.77. The Morgan fingerprint density at radius 2 is 1.72 bits per heavy atom. The molecule has 2 aliphatic heterocycles. The molecule has 0 unspecified atom stereocenters. The van der Waals surface area contributed by atoms with Gasteiger partial charge in [-0.15, -0.1) is 0 Å². The molecular weight excluding hydrogens is 368 g/mol. The summed E-state index contributed by atoms with van der Waals surface area (Å²) in [5.74, 6) is 1.35. The van der Waals surface area contributed by atoms with E-state index < -0.39 is 0 Å². The number of morpholine rings is 1. The van der Waals surface area contributed by atoms with Crippen molar-refractivity contribution in [3.05, 3.63) is 65.2 Å². The van der Waals surface area contributed by atoms with E-state index in [0.29, 0.717) is 19.8 Å². The SMILES string of the molecule is O=C(/C=C/c1ccc2c(c1)OCCO2)NCc1ccccc1C[NH+]1CCOCC1. The van der Waals surface area contributed by atoms with Crippen LogP contribution in [0.25, 0.3) is 6.08 Å². The fraction of sp³-hybridized carbons (Fsp3) is 0.348.